The average molecular weight is 251 g/mol. The summed E-state index contributed by atoms with van der Waals surface area (Å²) in [7, 11) is 1.64. The van der Waals surface area contributed by atoms with Crippen molar-refractivity contribution in [1.82, 2.24) is 4.98 Å². The molecule has 3 aromatic rings. The number of methoxy groups -OCH3 is 1. The molecule has 94 valence electrons. The number of phenols is 1. The van der Waals surface area contributed by atoms with Gasteiger partial charge in [-0.1, -0.05) is 18.2 Å². The molecule has 19 heavy (non-hydrogen) atoms. The second-order valence-corrected chi connectivity index (χ2v) is 4.26. The van der Waals surface area contributed by atoms with E-state index >= 15 is 0 Å². The maximum atomic E-state index is 10.00. The second-order valence-electron chi connectivity index (χ2n) is 4.26. The van der Waals surface area contributed by atoms with Crippen LogP contribution in [0.15, 0.2) is 54.7 Å². The Labute approximate surface area is 111 Å². The summed E-state index contributed by atoms with van der Waals surface area (Å²) in [5.41, 5.74) is 2.62. The third kappa shape index (κ3) is 1.99. The van der Waals surface area contributed by atoms with Crippen LogP contribution in [0.2, 0.25) is 0 Å². The lowest BCUT2D eigenvalue weighted by Crippen LogP contribution is -1.87. The summed E-state index contributed by atoms with van der Waals surface area (Å²) in [6.07, 6.45) is 1.75. The Bertz CT molecular complexity index is 738. The van der Waals surface area contributed by atoms with E-state index in [1.165, 1.54) is 0 Å². The van der Waals surface area contributed by atoms with Crippen LogP contribution in [0.25, 0.3) is 22.0 Å². The number of ether oxygens (including phenoxy) is 1. The Morgan fingerprint density at radius 1 is 1.00 bits per heavy atom. The van der Waals surface area contributed by atoms with E-state index in [0.717, 1.165) is 27.8 Å². The first-order valence-electron chi connectivity index (χ1n) is 6.01. The van der Waals surface area contributed by atoms with Crippen molar-refractivity contribution in [3.8, 4) is 22.6 Å². The van der Waals surface area contributed by atoms with Crippen molar-refractivity contribution in [3.63, 3.8) is 0 Å². The molecule has 0 aliphatic carbocycles. The zero-order valence-corrected chi connectivity index (χ0v) is 10.5. The number of hydrogen-bond acceptors (Lipinski definition) is 3. The van der Waals surface area contributed by atoms with Crippen LogP contribution >= 0.6 is 0 Å². The maximum Gasteiger partial charge on any atom is 0.123 e. The molecular formula is C16H13NO2. The number of aromatic hydroxyl groups is 1. The average Bonchev–Trinajstić information content (AvgIpc) is 2.47. The lowest BCUT2D eigenvalue weighted by molar-refractivity contribution is 0.415. The lowest BCUT2D eigenvalue weighted by atomic mass is 10.0. The quantitative estimate of drug-likeness (QED) is 0.756. The molecule has 1 aromatic heterocycles. The number of phenolic OH excluding ortho intramolecular Hbond substituents is 1. The molecule has 1 heterocycles. The molecule has 3 rings (SSSR count). The minimum absolute atomic E-state index is 0.262. The van der Waals surface area contributed by atoms with Gasteiger partial charge in [0.25, 0.3) is 0 Å². The molecule has 0 radical (unpaired) electrons. The highest BCUT2D eigenvalue weighted by atomic mass is 16.5. The number of benzene rings is 2. The van der Waals surface area contributed by atoms with Gasteiger partial charge < -0.3 is 9.84 Å². The van der Waals surface area contributed by atoms with E-state index in [4.69, 9.17) is 4.74 Å². The summed E-state index contributed by atoms with van der Waals surface area (Å²) in [5.74, 6) is 1.04. The van der Waals surface area contributed by atoms with Crippen molar-refractivity contribution < 1.29 is 9.84 Å². The van der Waals surface area contributed by atoms with Gasteiger partial charge in [0.2, 0.25) is 0 Å². The number of rotatable bonds is 2. The van der Waals surface area contributed by atoms with E-state index in [9.17, 15) is 5.11 Å². The molecule has 3 nitrogen and oxygen atoms in total. The molecular weight excluding hydrogens is 238 g/mol. The molecule has 0 saturated heterocycles. The Hall–Kier alpha value is -2.55. The van der Waals surface area contributed by atoms with Crippen molar-refractivity contribution in [2.24, 2.45) is 0 Å². The Kier molecular flexibility index (Phi) is 2.80. The highest BCUT2D eigenvalue weighted by molar-refractivity contribution is 5.96. The van der Waals surface area contributed by atoms with Crippen molar-refractivity contribution in [2.45, 2.75) is 0 Å². The lowest BCUT2D eigenvalue weighted by Gasteiger charge is -2.09. The van der Waals surface area contributed by atoms with Crippen LogP contribution in [-0.2, 0) is 0 Å². The van der Waals surface area contributed by atoms with Gasteiger partial charge in [0.05, 0.1) is 12.6 Å². The van der Waals surface area contributed by atoms with E-state index in [1.54, 1.807) is 19.4 Å². The van der Waals surface area contributed by atoms with Gasteiger partial charge in [-0.25, -0.2) is 0 Å². The van der Waals surface area contributed by atoms with Crippen molar-refractivity contribution in [2.75, 3.05) is 7.11 Å². The zero-order chi connectivity index (χ0) is 13.2. The topological polar surface area (TPSA) is 42.4 Å². The highest BCUT2D eigenvalue weighted by Crippen LogP contribution is 2.34. The normalized spacial score (nSPS) is 10.6. The van der Waals surface area contributed by atoms with Crippen LogP contribution in [0.1, 0.15) is 0 Å². The largest absolute Gasteiger partial charge is 0.507 e. The first kappa shape index (κ1) is 11.5. The predicted octanol–water partition coefficient (Wildman–Crippen LogP) is 3.62. The first-order chi connectivity index (χ1) is 9.29. The molecule has 0 bridgehead atoms. The molecule has 0 saturated carbocycles. The maximum absolute atomic E-state index is 10.00. The van der Waals surface area contributed by atoms with E-state index in [1.807, 2.05) is 42.5 Å². The summed E-state index contributed by atoms with van der Waals surface area (Å²) in [5, 5.41) is 11.0. The van der Waals surface area contributed by atoms with E-state index < -0.39 is 0 Å². The number of para-hydroxylation sites is 1. The molecule has 0 fully saturated rings. The van der Waals surface area contributed by atoms with Crippen LogP contribution in [-0.4, -0.2) is 17.2 Å². The van der Waals surface area contributed by atoms with E-state index in [-0.39, 0.29) is 5.75 Å². The van der Waals surface area contributed by atoms with E-state index in [2.05, 4.69) is 4.98 Å². The number of aromatic nitrogens is 1. The fourth-order valence-electron chi connectivity index (χ4n) is 2.19. The van der Waals surface area contributed by atoms with Crippen molar-refractivity contribution in [3.05, 3.63) is 54.7 Å². The van der Waals surface area contributed by atoms with Crippen molar-refractivity contribution in [1.29, 1.82) is 0 Å². The fraction of sp³-hybridized carbons (Fsp3) is 0.0625. The third-order valence-electron chi connectivity index (χ3n) is 3.14. The first-order valence-corrected chi connectivity index (χ1v) is 6.01. The van der Waals surface area contributed by atoms with Crippen LogP contribution in [0.5, 0.6) is 11.5 Å². The summed E-state index contributed by atoms with van der Waals surface area (Å²) in [6.45, 7) is 0. The molecule has 0 amide bonds. The van der Waals surface area contributed by atoms with Gasteiger partial charge in [-0.15, -0.1) is 0 Å². The predicted molar refractivity (Wildman–Crippen MR) is 75.4 cm³/mol. The number of hydrogen-bond donors (Lipinski definition) is 1. The molecule has 1 N–H and O–H groups in total. The molecule has 0 aliphatic rings. The zero-order valence-electron chi connectivity index (χ0n) is 10.5. The summed E-state index contributed by atoms with van der Waals surface area (Å²) in [4.78, 5) is 4.34. The number of pyridine rings is 1. The summed E-state index contributed by atoms with van der Waals surface area (Å²) < 4.78 is 5.25. The Balaban J connectivity index is 2.32. The van der Waals surface area contributed by atoms with Crippen LogP contribution in [0.4, 0.5) is 0 Å². The van der Waals surface area contributed by atoms with Gasteiger partial charge in [0.15, 0.2) is 0 Å². The van der Waals surface area contributed by atoms with Gasteiger partial charge in [0, 0.05) is 17.1 Å². The second kappa shape index (κ2) is 4.61. The smallest absolute Gasteiger partial charge is 0.123 e. The van der Waals surface area contributed by atoms with Gasteiger partial charge in [0.1, 0.15) is 11.5 Å². The highest BCUT2D eigenvalue weighted by Gasteiger charge is 2.08. The molecule has 0 atom stereocenters. The SMILES string of the molecule is COc1ccc2nccc(-c3ccccc3O)c2c1. The molecule has 0 aliphatic heterocycles. The van der Waals surface area contributed by atoms with Gasteiger partial charge in [-0.3, -0.25) is 4.98 Å². The van der Waals surface area contributed by atoms with Gasteiger partial charge in [-0.05, 0) is 35.9 Å². The van der Waals surface area contributed by atoms with Crippen LogP contribution in [0, 0.1) is 0 Å². The van der Waals surface area contributed by atoms with Crippen LogP contribution in [0.3, 0.4) is 0 Å². The third-order valence-corrected chi connectivity index (χ3v) is 3.14. The van der Waals surface area contributed by atoms with Crippen LogP contribution < -0.4 is 4.74 Å². The number of fused-ring (bicyclic) bond motifs is 1. The minimum atomic E-state index is 0.262. The standard InChI is InChI=1S/C16H13NO2/c1-19-11-6-7-15-14(10-11)12(8-9-17-15)13-4-2-3-5-16(13)18/h2-10,18H,1H3. The molecule has 0 unspecified atom stereocenters. The number of nitrogens with zero attached hydrogens (tertiary/aromatic N) is 1. The summed E-state index contributed by atoms with van der Waals surface area (Å²) in [6, 6.07) is 14.9. The molecule has 2 aromatic carbocycles. The monoisotopic (exact) mass is 251 g/mol. The Morgan fingerprint density at radius 3 is 2.63 bits per heavy atom. The minimum Gasteiger partial charge on any atom is -0.507 e. The molecule has 0 spiro atoms. The van der Waals surface area contributed by atoms with Gasteiger partial charge >= 0.3 is 0 Å². The van der Waals surface area contributed by atoms with Gasteiger partial charge in [-0.2, -0.15) is 0 Å². The molecule has 3 heteroatoms. The Morgan fingerprint density at radius 2 is 1.84 bits per heavy atom. The van der Waals surface area contributed by atoms with Crippen molar-refractivity contribution >= 4 is 10.9 Å². The summed E-state index contributed by atoms with van der Waals surface area (Å²) >= 11 is 0. The fourth-order valence-corrected chi connectivity index (χ4v) is 2.19. The van der Waals surface area contributed by atoms with E-state index in [0.29, 0.717) is 0 Å².